The van der Waals surface area contributed by atoms with Gasteiger partial charge in [0.1, 0.15) is 5.82 Å². The molecule has 0 bridgehead atoms. The van der Waals surface area contributed by atoms with Crippen LogP contribution in [0.3, 0.4) is 0 Å². The fourth-order valence-electron chi connectivity index (χ4n) is 0.872. The zero-order valence-corrected chi connectivity index (χ0v) is 6.89. The van der Waals surface area contributed by atoms with E-state index in [0.29, 0.717) is 12.1 Å². The normalized spacial score (nSPS) is 13.0. The van der Waals surface area contributed by atoms with Crippen LogP contribution in [0.25, 0.3) is 0 Å². The summed E-state index contributed by atoms with van der Waals surface area (Å²) >= 11 is 4.12. The second kappa shape index (κ2) is 3.74. The average molecular weight is 171 g/mol. The summed E-state index contributed by atoms with van der Waals surface area (Å²) in [4.78, 5) is 0. The lowest BCUT2D eigenvalue weighted by molar-refractivity contribution is 0.608. The van der Waals surface area contributed by atoms with Gasteiger partial charge in [-0.2, -0.15) is 12.6 Å². The molecule has 0 spiro atoms. The van der Waals surface area contributed by atoms with E-state index < -0.39 is 0 Å². The van der Waals surface area contributed by atoms with E-state index in [2.05, 4.69) is 12.6 Å². The van der Waals surface area contributed by atoms with Gasteiger partial charge < -0.3 is 5.73 Å². The Hall–Kier alpha value is -0.540. The molecule has 1 aromatic rings. The molecule has 0 saturated heterocycles. The Balaban J connectivity index is 2.93. The molecule has 0 heterocycles. The van der Waals surface area contributed by atoms with Gasteiger partial charge in [0.25, 0.3) is 0 Å². The van der Waals surface area contributed by atoms with Crippen LogP contribution in [0, 0.1) is 5.82 Å². The molecule has 1 nitrogen and oxygen atoms in total. The predicted octanol–water partition coefficient (Wildman–Crippen LogP) is 1.76. The van der Waals surface area contributed by atoms with Crippen molar-refractivity contribution < 1.29 is 4.39 Å². The summed E-state index contributed by atoms with van der Waals surface area (Å²) in [6, 6.07) is 6.53. The van der Waals surface area contributed by atoms with Gasteiger partial charge in [-0.15, -0.1) is 0 Å². The van der Waals surface area contributed by atoms with Crippen LogP contribution in [0.1, 0.15) is 10.8 Å². The highest BCUT2D eigenvalue weighted by Gasteiger charge is 2.07. The fraction of sp³-hybridized carbons (Fsp3) is 0.250. The largest absolute Gasteiger partial charge is 0.329 e. The van der Waals surface area contributed by atoms with E-state index in [1.165, 1.54) is 6.07 Å². The van der Waals surface area contributed by atoms with Crippen molar-refractivity contribution in [3.63, 3.8) is 0 Å². The second-order valence-corrected chi connectivity index (χ2v) is 2.90. The number of thiol groups is 1. The maximum Gasteiger partial charge on any atom is 0.127 e. The molecule has 1 aromatic carbocycles. The molecule has 1 rings (SSSR count). The van der Waals surface area contributed by atoms with E-state index in [1.54, 1.807) is 18.2 Å². The highest BCUT2D eigenvalue weighted by Crippen LogP contribution is 2.20. The molecule has 0 fully saturated rings. The van der Waals surface area contributed by atoms with Gasteiger partial charge in [-0.25, -0.2) is 4.39 Å². The summed E-state index contributed by atoms with van der Waals surface area (Å²) < 4.78 is 12.9. The van der Waals surface area contributed by atoms with Crippen LogP contribution in [0.4, 0.5) is 4.39 Å². The Labute approximate surface area is 70.8 Å². The van der Waals surface area contributed by atoms with E-state index in [0.717, 1.165) is 0 Å². The first-order valence-corrected chi connectivity index (χ1v) is 3.90. The zero-order chi connectivity index (χ0) is 8.27. The highest BCUT2D eigenvalue weighted by atomic mass is 32.1. The average Bonchev–Trinajstić information content (AvgIpc) is 2.04. The van der Waals surface area contributed by atoms with Gasteiger partial charge in [-0.3, -0.25) is 0 Å². The van der Waals surface area contributed by atoms with E-state index in [9.17, 15) is 4.39 Å². The molecule has 3 heteroatoms. The minimum absolute atomic E-state index is 0.198. The topological polar surface area (TPSA) is 26.0 Å². The summed E-state index contributed by atoms with van der Waals surface area (Å²) in [6.07, 6.45) is 0. The third-order valence-electron chi connectivity index (χ3n) is 1.49. The van der Waals surface area contributed by atoms with Crippen molar-refractivity contribution >= 4 is 12.6 Å². The Morgan fingerprint density at radius 1 is 1.45 bits per heavy atom. The Morgan fingerprint density at radius 2 is 2.09 bits per heavy atom. The molecule has 1 unspecified atom stereocenters. The third kappa shape index (κ3) is 1.94. The van der Waals surface area contributed by atoms with Crippen LogP contribution in [0.5, 0.6) is 0 Å². The summed E-state index contributed by atoms with van der Waals surface area (Å²) in [5.41, 5.74) is 5.90. The SMILES string of the molecule is NCC(S)c1ccccc1F. The molecule has 0 aromatic heterocycles. The summed E-state index contributed by atoms with van der Waals surface area (Å²) in [6.45, 7) is 0.351. The minimum atomic E-state index is -0.238. The van der Waals surface area contributed by atoms with Gasteiger partial charge in [0, 0.05) is 17.4 Å². The molecule has 0 aliphatic rings. The summed E-state index contributed by atoms with van der Waals surface area (Å²) in [5, 5.41) is -0.198. The molecular weight excluding hydrogens is 161 g/mol. The monoisotopic (exact) mass is 171 g/mol. The number of nitrogens with two attached hydrogens (primary N) is 1. The highest BCUT2D eigenvalue weighted by molar-refractivity contribution is 7.80. The summed E-state index contributed by atoms with van der Waals surface area (Å²) in [7, 11) is 0. The van der Waals surface area contributed by atoms with Crippen molar-refractivity contribution in [1.82, 2.24) is 0 Å². The number of rotatable bonds is 2. The van der Waals surface area contributed by atoms with Crippen molar-refractivity contribution in [3.8, 4) is 0 Å². The molecule has 11 heavy (non-hydrogen) atoms. The molecule has 0 saturated carbocycles. The lowest BCUT2D eigenvalue weighted by atomic mass is 10.1. The van der Waals surface area contributed by atoms with Crippen molar-refractivity contribution in [1.29, 1.82) is 0 Å². The van der Waals surface area contributed by atoms with Gasteiger partial charge in [-0.05, 0) is 6.07 Å². The van der Waals surface area contributed by atoms with Crippen LogP contribution < -0.4 is 5.73 Å². The number of halogens is 1. The Morgan fingerprint density at radius 3 is 2.64 bits per heavy atom. The first kappa shape index (κ1) is 8.56. The third-order valence-corrected chi connectivity index (χ3v) is 1.98. The molecule has 0 aliphatic carbocycles. The molecule has 0 aliphatic heterocycles. The first-order chi connectivity index (χ1) is 5.25. The van der Waals surface area contributed by atoms with Gasteiger partial charge in [-0.1, -0.05) is 18.2 Å². The molecule has 60 valence electrons. The fourth-order valence-corrected chi connectivity index (χ4v) is 1.08. The number of hydrogen-bond donors (Lipinski definition) is 2. The number of benzene rings is 1. The van der Waals surface area contributed by atoms with Gasteiger partial charge in [0.15, 0.2) is 0 Å². The van der Waals surface area contributed by atoms with E-state index in [1.807, 2.05) is 0 Å². The van der Waals surface area contributed by atoms with Crippen molar-refractivity contribution in [2.75, 3.05) is 6.54 Å². The van der Waals surface area contributed by atoms with Gasteiger partial charge in [0.2, 0.25) is 0 Å². The Kier molecular flexibility index (Phi) is 2.91. The van der Waals surface area contributed by atoms with Gasteiger partial charge in [0.05, 0.1) is 0 Å². The predicted molar refractivity (Wildman–Crippen MR) is 47.2 cm³/mol. The standard InChI is InChI=1S/C8H10FNS/c9-7-4-2-1-3-6(7)8(11)5-10/h1-4,8,11H,5,10H2. The number of hydrogen-bond acceptors (Lipinski definition) is 2. The maximum absolute atomic E-state index is 12.9. The molecule has 2 N–H and O–H groups in total. The first-order valence-electron chi connectivity index (χ1n) is 3.38. The minimum Gasteiger partial charge on any atom is -0.329 e. The van der Waals surface area contributed by atoms with E-state index >= 15 is 0 Å². The van der Waals surface area contributed by atoms with Crippen LogP contribution >= 0.6 is 12.6 Å². The van der Waals surface area contributed by atoms with E-state index in [4.69, 9.17) is 5.73 Å². The maximum atomic E-state index is 12.9. The van der Waals surface area contributed by atoms with Crippen LogP contribution in [-0.4, -0.2) is 6.54 Å². The lowest BCUT2D eigenvalue weighted by Crippen LogP contribution is -2.08. The van der Waals surface area contributed by atoms with Crippen LogP contribution in [-0.2, 0) is 0 Å². The quantitative estimate of drug-likeness (QED) is 0.651. The van der Waals surface area contributed by atoms with Crippen molar-refractivity contribution in [2.24, 2.45) is 5.73 Å². The smallest absolute Gasteiger partial charge is 0.127 e. The molecular formula is C8H10FNS. The zero-order valence-electron chi connectivity index (χ0n) is 6.00. The van der Waals surface area contributed by atoms with Gasteiger partial charge >= 0.3 is 0 Å². The van der Waals surface area contributed by atoms with E-state index in [-0.39, 0.29) is 11.1 Å². The van der Waals surface area contributed by atoms with Crippen molar-refractivity contribution in [2.45, 2.75) is 5.25 Å². The molecule has 0 amide bonds. The molecule has 0 radical (unpaired) electrons. The summed E-state index contributed by atoms with van der Waals surface area (Å²) in [5.74, 6) is -0.238. The van der Waals surface area contributed by atoms with Crippen LogP contribution in [0.15, 0.2) is 24.3 Å². The Bertz CT molecular complexity index is 239. The second-order valence-electron chi connectivity index (χ2n) is 2.27. The molecule has 1 atom stereocenters. The van der Waals surface area contributed by atoms with Crippen LogP contribution in [0.2, 0.25) is 0 Å². The lowest BCUT2D eigenvalue weighted by Gasteiger charge is -2.07. The van der Waals surface area contributed by atoms with Crippen molar-refractivity contribution in [3.05, 3.63) is 35.6 Å².